The van der Waals surface area contributed by atoms with Crippen molar-refractivity contribution in [1.82, 2.24) is 9.88 Å². The molecule has 10 heteroatoms. The number of thiazole rings is 1. The molecule has 0 aliphatic heterocycles. The van der Waals surface area contributed by atoms with Crippen molar-refractivity contribution in [3.8, 4) is 0 Å². The van der Waals surface area contributed by atoms with E-state index in [0.717, 1.165) is 12.8 Å². The van der Waals surface area contributed by atoms with Gasteiger partial charge < -0.3 is 25.8 Å². The third-order valence-corrected chi connectivity index (χ3v) is 7.62. The molecule has 1 rings (SSSR count). The number of hydrogen-bond donors (Lipinski definition) is 2. The lowest BCUT2D eigenvalue weighted by Gasteiger charge is -2.36. The van der Waals surface area contributed by atoms with Crippen LogP contribution >= 0.6 is 11.3 Å². The average Bonchev–Trinajstić information content (AvgIpc) is 3.33. The topological polar surface area (TPSA) is 138 Å². The minimum atomic E-state index is -0.789. The van der Waals surface area contributed by atoms with Crippen LogP contribution in [0.1, 0.15) is 89.3 Å². The van der Waals surface area contributed by atoms with Crippen molar-refractivity contribution < 1.29 is 23.9 Å². The molecular formula is C25H44N4O5S. The van der Waals surface area contributed by atoms with Crippen molar-refractivity contribution in [2.75, 3.05) is 13.7 Å². The molecule has 35 heavy (non-hydrogen) atoms. The van der Waals surface area contributed by atoms with Crippen molar-refractivity contribution in [3.05, 3.63) is 16.1 Å². The molecule has 0 bridgehead atoms. The summed E-state index contributed by atoms with van der Waals surface area (Å²) >= 11 is 1.21. The first-order chi connectivity index (χ1) is 16.4. The maximum Gasteiger partial charge on any atom is 0.357 e. The molecule has 4 N–H and O–H groups in total. The molecule has 0 aliphatic carbocycles. The van der Waals surface area contributed by atoms with Crippen molar-refractivity contribution >= 4 is 29.2 Å². The van der Waals surface area contributed by atoms with E-state index in [-0.39, 0.29) is 42.0 Å². The molecule has 1 amide bonds. The summed E-state index contributed by atoms with van der Waals surface area (Å²) in [7, 11) is 1.73. The van der Waals surface area contributed by atoms with Crippen molar-refractivity contribution in [3.63, 3.8) is 0 Å². The molecule has 200 valence electrons. The number of carbonyl (C=O) groups is 3. The van der Waals surface area contributed by atoms with Crippen LogP contribution in [0.3, 0.4) is 0 Å². The average molecular weight is 513 g/mol. The van der Waals surface area contributed by atoms with E-state index in [1.54, 1.807) is 24.3 Å². The molecule has 1 aromatic rings. The zero-order chi connectivity index (χ0) is 26.9. The fraction of sp³-hybridized carbons (Fsp3) is 0.760. The first-order valence-electron chi connectivity index (χ1n) is 12.5. The van der Waals surface area contributed by atoms with Gasteiger partial charge in [-0.05, 0) is 24.7 Å². The molecule has 0 aromatic carbocycles. The predicted molar refractivity (Wildman–Crippen MR) is 138 cm³/mol. The predicted octanol–water partition coefficient (Wildman–Crippen LogP) is 3.52. The largest absolute Gasteiger partial charge is 0.461 e. The first kappa shape index (κ1) is 31.0. The third kappa shape index (κ3) is 8.54. The Balaban J connectivity index is 3.28. The van der Waals surface area contributed by atoms with Crippen LogP contribution in [0.2, 0.25) is 0 Å². The SMILES string of the molecule is CCOC(=O)c1csc([C@@H](C[C@H](C(C)C)N(C)C(=O)[C@@H](N)[C@@H](C)CC)OC(=O)[C@@H](N)[C@@H](C)CC)n1. The second kappa shape index (κ2) is 14.5. The Morgan fingerprint density at radius 2 is 1.60 bits per heavy atom. The van der Waals surface area contributed by atoms with E-state index in [1.165, 1.54) is 11.3 Å². The summed E-state index contributed by atoms with van der Waals surface area (Å²) in [4.78, 5) is 44.2. The van der Waals surface area contributed by atoms with Crippen LogP contribution < -0.4 is 11.5 Å². The highest BCUT2D eigenvalue weighted by molar-refractivity contribution is 7.09. The molecule has 9 nitrogen and oxygen atoms in total. The Bertz CT molecular complexity index is 831. The lowest BCUT2D eigenvalue weighted by molar-refractivity contribution is -0.154. The molecule has 0 saturated carbocycles. The van der Waals surface area contributed by atoms with E-state index >= 15 is 0 Å². The molecule has 0 aliphatic rings. The van der Waals surface area contributed by atoms with E-state index in [1.807, 2.05) is 41.5 Å². The minimum Gasteiger partial charge on any atom is -0.461 e. The molecular weight excluding hydrogens is 468 g/mol. The molecule has 0 saturated heterocycles. The number of aromatic nitrogens is 1. The number of nitrogens with two attached hydrogens (primary N) is 2. The summed E-state index contributed by atoms with van der Waals surface area (Å²) in [5.74, 6) is -1.22. The van der Waals surface area contributed by atoms with Gasteiger partial charge in [0.25, 0.3) is 0 Å². The van der Waals surface area contributed by atoms with Crippen LogP contribution in [-0.2, 0) is 19.1 Å². The summed E-state index contributed by atoms with van der Waals surface area (Å²) in [6.07, 6.45) is 1.02. The Labute approximate surface area is 213 Å². The maximum absolute atomic E-state index is 13.1. The number of esters is 2. The van der Waals surface area contributed by atoms with Gasteiger partial charge in [-0.1, -0.05) is 54.4 Å². The fourth-order valence-electron chi connectivity index (χ4n) is 3.63. The second-order valence-corrected chi connectivity index (χ2v) is 10.4. The third-order valence-electron chi connectivity index (χ3n) is 6.68. The Kier molecular flexibility index (Phi) is 12.8. The molecule has 0 fully saturated rings. The van der Waals surface area contributed by atoms with Gasteiger partial charge in [0.1, 0.15) is 11.0 Å². The van der Waals surface area contributed by atoms with E-state index in [2.05, 4.69) is 4.98 Å². The number of likely N-dealkylation sites (N-methyl/N-ethyl adjacent to an activating group) is 1. The first-order valence-corrected chi connectivity index (χ1v) is 13.4. The number of nitrogens with zero attached hydrogens (tertiary/aromatic N) is 2. The van der Waals surface area contributed by atoms with Crippen molar-refractivity contribution in [2.24, 2.45) is 29.2 Å². The molecule has 1 heterocycles. The van der Waals surface area contributed by atoms with Gasteiger partial charge in [0, 0.05) is 24.9 Å². The summed E-state index contributed by atoms with van der Waals surface area (Å²) in [5, 5.41) is 2.04. The number of carbonyl (C=O) groups excluding carboxylic acids is 3. The highest BCUT2D eigenvalue weighted by Gasteiger charge is 2.35. The van der Waals surface area contributed by atoms with Gasteiger partial charge in [-0.3, -0.25) is 9.59 Å². The maximum atomic E-state index is 13.1. The fourth-order valence-corrected chi connectivity index (χ4v) is 4.46. The Morgan fingerprint density at radius 1 is 1.03 bits per heavy atom. The number of ether oxygens (including phenoxy) is 2. The van der Waals surface area contributed by atoms with Crippen LogP contribution in [0.25, 0.3) is 0 Å². The van der Waals surface area contributed by atoms with Gasteiger partial charge in [-0.15, -0.1) is 11.3 Å². The van der Waals surface area contributed by atoms with Gasteiger partial charge in [0.05, 0.1) is 12.6 Å². The number of hydrogen-bond acceptors (Lipinski definition) is 9. The van der Waals surface area contributed by atoms with Gasteiger partial charge in [-0.25, -0.2) is 9.78 Å². The van der Waals surface area contributed by atoms with Gasteiger partial charge in [-0.2, -0.15) is 0 Å². The Morgan fingerprint density at radius 3 is 2.11 bits per heavy atom. The normalized spacial score (nSPS) is 16.7. The van der Waals surface area contributed by atoms with Crippen molar-refractivity contribution in [1.29, 1.82) is 0 Å². The monoisotopic (exact) mass is 512 g/mol. The smallest absolute Gasteiger partial charge is 0.357 e. The lowest BCUT2D eigenvalue weighted by atomic mass is 9.93. The molecule has 1 aromatic heterocycles. The summed E-state index contributed by atoms with van der Waals surface area (Å²) in [6.45, 7) is 13.7. The highest BCUT2D eigenvalue weighted by atomic mass is 32.1. The van der Waals surface area contributed by atoms with E-state index < -0.39 is 30.1 Å². The number of rotatable bonds is 14. The summed E-state index contributed by atoms with van der Waals surface area (Å²) in [6, 6.07) is -1.70. The summed E-state index contributed by atoms with van der Waals surface area (Å²) in [5.41, 5.74) is 12.5. The zero-order valence-electron chi connectivity index (χ0n) is 22.4. The second-order valence-electron chi connectivity index (χ2n) is 9.54. The zero-order valence-corrected chi connectivity index (χ0v) is 23.3. The van der Waals surface area contributed by atoms with Crippen LogP contribution in [0.5, 0.6) is 0 Å². The molecule has 0 radical (unpaired) electrons. The van der Waals surface area contributed by atoms with E-state index in [9.17, 15) is 14.4 Å². The number of amides is 1. The van der Waals surface area contributed by atoms with Gasteiger partial charge in [0.2, 0.25) is 5.91 Å². The van der Waals surface area contributed by atoms with Gasteiger partial charge >= 0.3 is 11.9 Å². The van der Waals surface area contributed by atoms with Gasteiger partial charge in [0.15, 0.2) is 11.8 Å². The molecule has 6 atom stereocenters. The standard InChI is InChI=1S/C25H44N4O5S/c1-9-15(6)20(26)23(30)29(8)18(14(4)5)12-19(34-25(32)21(27)16(7)10-2)22-28-17(13-35-22)24(31)33-11-3/h13-16,18-21H,9-12,26-27H2,1-8H3/t15-,16-,18+,19+,20-,21-/m0/s1. The lowest BCUT2D eigenvalue weighted by Crippen LogP contribution is -2.51. The van der Waals surface area contributed by atoms with E-state index in [0.29, 0.717) is 11.4 Å². The van der Waals surface area contributed by atoms with Crippen LogP contribution in [0.4, 0.5) is 0 Å². The van der Waals surface area contributed by atoms with Crippen LogP contribution in [0, 0.1) is 17.8 Å². The molecule has 0 unspecified atom stereocenters. The highest BCUT2D eigenvalue weighted by Crippen LogP contribution is 2.31. The minimum absolute atomic E-state index is 0.0333. The van der Waals surface area contributed by atoms with E-state index in [4.69, 9.17) is 20.9 Å². The van der Waals surface area contributed by atoms with Crippen LogP contribution in [0.15, 0.2) is 5.38 Å². The van der Waals surface area contributed by atoms with Crippen LogP contribution in [-0.4, -0.2) is 59.5 Å². The Hall–Kier alpha value is -2.04. The van der Waals surface area contributed by atoms with Crippen molar-refractivity contribution in [2.45, 2.75) is 92.0 Å². The molecule has 0 spiro atoms. The summed E-state index contributed by atoms with van der Waals surface area (Å²) < 4.78 is 10.9. The quantitative estimate of drug-likeness (QED) is 0.361.